The Morgan fingerprint density at radius 2 is 1.67 bits per heavy atom. The van der Waals surface area contributed by atoms with Gasteiger partial charge in [-0.3, -0.25) is 4.79 Å². The number of hydrogen-bond acceptors (Lipinski definition) is 5. The second kappa shape index (κ2) is 12.8. The van der Waals surface area contributed by atoms with Crippen LogP contribution in [0.5, 0.6) is 0 Å². The third-order valence-corrected chi connectivity index (χ3v) is 19.3. The average Bonchev–Trinajstić information content (AvgIpc) is 3.46. The summed E-state index contributed by atoms with van der Waals surface area (Å²) in [7, 11) is -2.87. The highest BCUT2D eigenvalue weighted by Crippen LogP contribution is 2.76. The maximum absolute atomic E-state index is 14.0. The number of carboxylic acids is 1. The number of aliphatic carboxylic acids is 1. The Morgan fingerprint density at radius 3 is 2.29 bits per heavy atom. The lowest BCUT2D eigenvalue weighted by atomic mass is 9.33. The summed E-state index contributed by atoms with van der Waals surface area (Å²) in [6, 6.07) is 0. The smallest absolute Gasteiger partial charge is 0.312 e. The van der Waals surface area contributed by atoms with Crippen molar-refractivity contribution in [3.8, 4) is 0 Å². The van der Waals surface area contributed by atoms with Crippen molar-refractivity contribution in [2.45, 2.75) is 124 Å². The molecule has 1 heterocycles. The third-order valence-electron chi connectivity index (χ3n) is 17.7. The number of fused-ring (bicyclic) bond motifs is 7. The van der Waals surface area contributed by atoms with Crippen LogP contribution in [0.2, 0.25) is 0 Å². The molecule has 2 N–H and O–H groups in total. The first-order chi connectivity index (χ1) is 23.9. The lowest BCUT2D eigenvalue weighted by Crippen LogP contribution is -2.68. The second-order valence-electron chi connectivity index (χ2n) is 20.0. The van der Waals surface area contributed by atoms with E-state index >= 15 is 0 Å². The van der Waals surface area contributed by atoms with Gasteiger partial charge in [-0.05, 0) is 146 Å². The van der Waals surface area contributed by atoms with E-state index < -0.39 is 27.9 Å². The number of hydrogen-bond donors (Lipinski definition) is 2. The highest BCUT2D eigenvalue weighted by Gasteiger charge is 2.70. The fraction of sp³-hybridized carbons (Fsp3) is 0.837. The summed E-state index contributed by atoms with van der Waals surface area (Å²) in [5.41, 5.74) is 3.60. The first-order valence-electron chi connectivity index (χ1n) is 20.4. The summed E-state index contributed by atoms with van der Waals surface area (Å²) in [5.74, 6) is 2.58. The van der Waals surface area contributed by atoms with E-state index in [1.807, 2.05) is 0 Å². The number of halogens is 1. The van der Waals surface area contributed by atoms with Gasteiger partial charge in [0.2, 0.25) is 0 Å². The van der Waals surface area contributed by atoms with E-state index in [2.05, 4.69) is 70.5 Å². The minimum Gasteiger partial charge on any atom is -0.481 e. The summed E-state index contributed by atoms with van der Waals surface area (Å²) < 4.78 is 38.0. The van der Waals surface area contributed by atoms with Gasteiger partial charge in [0, 0.05) is 31.7 Å². The molecule has 1 saturated heterocycles. The van der Waals surface area contributed by atoms with Gasteiger partial charge in [0.15, 0.2) is 9.84 Å². The molecule has 6 aliphatic carbocycles. The summed E-state index contributed by atoms with van der Waals surface area (Å²) in [6.45, 7) is 22.1. The molecule has 0 radical (unpaired) electrons. The van der Waals surface area contributed by atoms with E-state index in [1.165, 1.54) is 68.1 Å². The van der Waals surface area contributed by atoms with Gasteiger partial charge < -0.3 is 15.3 Å². The van der Waals surface area contributed by atoms with Crippen LogP contribution in [-0.4, -0.2) is 74.3 Å². The van der Waals surface area contributed by atoms with Crippen LogP contribution in [0.25, 0.3) is 0 Å². The molecule has 0 amide bonds. The van der Waals surface area contributed by atoms with Crippen LogP contribution >= 0.6 is 0 Å². The topological polar surface area (TPSA) is 86.7 Å². The Kier molecular flexibility index (Phi) is 9.47. The molecule has 1 aliphatic heterocycles. The zero-order valence-corrected chi connectivity index (χ0v) is 33.4. The van der Waals surface area contributed by atoms with E-state index in [-0.39, 0.29) is 33.6 Å². The number of carbonyl (C=O) groups is 1. The van der Waals surface area contributed by atoms with E-state index in [0.717, 1.165) is 19.5 Å². The fourth-order valence-corrected chi connectivity index (χ4v) is 15.8. The van der Waals surface area contributed by atoms with Crippen molar-refractivity contribution in [1.82, 2.24) is 10.2 Å². The Hall–Kier alpha value is -1.51. The second-order valence-corrected chi connectivity index (χ2v) is 22.3. The summed E-state index contributed by atoms with van der Waals surface area (Å²) >= 11 is 0. The predicted molar refractivity (Wildman–Crippen MR) is 204 cm³/mol. The molecule has 10 atom stereocenters. The summed E-state index contributed by atoms with van der Waals surface area (Å²) in [4.78, 5) is 14.3. The molecular formula is C43H67FN2O4S. The van der Waals surface area contributed by atoms with Gasteiger partial charge in [0.05, 0.1) is 16.9 Å². The Morgan fingerprint density at radius 1 is 0.941 bits per heavy atom. The lowest BCUT2D eigenvalue weighted by molar-refractivity contribution is -0.221. The molecule has 5 fully saturated rings. The molecule has 7 aliphatic rings. The summed E-state index contributed by atoms with van der Waals surface area (Å²) in [6.07, 6.45) is 16.9. The molecule has 0 spiro atoms. The normalized spacial score (nSPS) is 46.1. The van der Waals surface area contributed by atoms with Crippen LogP contribution in [0, 0.1) is 56.7 Å². The average molecular weight is 727 g/mol. The Bertz CT molecular complexity index is 1590. The highest BCUT2D eigenvalue weighted by atomic mass is 32.2. The van der Waals surface area contributed by atoms with Crippen molar-refractivity contribution >= 4 is 15.8 Å². The monoisotopic (exact) mass is 726 g/mol. The highest BCUT2D eigenvalue weighted by molar-refractivity contribution is 7.91. The maximum atomic E-state index is 14.0. The predicted octanol–water partition coefficient (Wildman–Crippen LogP) is 8.40. The quantitative estimate of drug-likeness (QED) is 0.245. The van der Waals surface area contributed by atoms with Gasteiger partial charge >= 0.3 is 5.97 Å². The SMILES string of the molecule is C=C(C)[C@@H]1CC[C@]2(NCCN3CCS(=O)(=O)CC3)CC[C@]3(C)[C@H](CCC4[C@@]5(C)CC=C(C6=CCC(CF)(C(=O)O)CC6)C(C)(C)C5CC[C@]43C)C12. The Labute approximate surface area is 308 Å². The minimum atomic E-state index is -2.87. The van der Waals surface area contributed by atoms with Crippen LogP contribution in [0.15, 0.2) is 35.5 Å². The van der Waals surface area contributed by atoms with Gasteiger partial charge in [-0.15, -0.1) is 0 Å². The lowest BCUT2D eigenvalue weighted by Gasteiger charge is -2.72. The van der Waals surface area contributed by atoms with E-state index in [0.29, 0.717) is 67.0 Å². The van der Waals surface area contributed by atoms with Crippen molar-refractivity contribution < 1.29 is 22.7 Å². The molecule has 286 valence electrons. The molecular weight excluding hydrogens is 660 g/mol. The van der Waals surface area contributed by atoms with Crippen LogP contribution in [0.3, 0.4) is 0 Å². The number of rotatable bonds is 8. The van der Waals surface area contributed by atoms with Crippen LogP contribution < -0.4 is 5.32 Å². The van der Waals surface area contributed by atoms with Gasteiger partial charge in [0.1, 0.15) is 6.67 Å². The molecule has 4 saturated carbocycles. The van der Waals surface area contributed by atoms with Gasteiger partial charge in [-0.25, -0.2) is 12.8 Å². The van der Waals surface area contributed by atoms with Crippen LogP contribution in [0.4, 0.5) is 4.39 Å². The molecule has 0 aromatic heterocycles. The largest absolute Gasteiger partial charge is 0.481 e. The van der Waals surface area contributed by atoms with E-state index in [9.17, 15) is 22.7 Å². The van der Waals surface area contributed by atoms with Crippen molar-refractivity contribution in [3.05, 3.63) is 35.5 Å². The molecule has 6 nitrogen and oxygen atoms in total. The number of sulfone groups is 1. The Balaban J connectivity index is 1.13. The molecule has 0 bridgehead atoms. The summed E-state index contributed by atoms with van der Waals surface area (Å²) in [5, 5.41) is 14.0. The number of alkyl halides is 1. The molecule has 8 heteroatoms. The van der Waals surface area contributed by atoms with Crippen molar-refractivity contribution in [2.24, 2.45) is 56.7 Å². The van der Waals surface area contributed by atoms with Crippen molar-refractivity contribution in [3.63, 3.8) is 0 Å². The number of carboxylic acid groups (broad SMARTS) is 1. The maximum Gasteiger partial charge on any atom is 0.312 e. The minimum absolute atomic E-state index is 0.0163. The zero-order chi connectivity index (χ0) is 36.8. The fourth-order valence-electron chi connectivity index (χ4n) is 14.6. The standard InChI is InChI=1S/C43H67FN2O4S/c1-29(2)31-12-19-43(45-22-23-46-24-26-51(49,50)27-25-46)21-20-40(6)33(36(31)43)8-9-35-39(5)15-13-32(38(3,4)34(39)14-16-41(35,40)7)30-10-17-42(28-44,18-11-30)37(47)48/h10,13,31,33-36,45H,1,8-9,11-12,14-28H2,2-7H3,(H,47,48)/t31-,33+,34?,35?,36?,39-,40+,41+,42?,43-/m0/s1. The van der Waals surface area contributed by atoms with E-state index in [1.54, 1.807) is 0 Å². The van der Waals surface area contributed by atoms with Gasteiger partial charge in [-0.2, -0.15) is 0 Å². The third kappa shape index (κ3) is 5.71. The number of allylic oxidation sites excluding steroid dienone is 5. The van der Waals surface area contributed by atoms with Crippen LogP contribution in [-0.2, 0) is 14.6 Å². The molecule has 51 heavy (non-hydrogen) atoms. The van der Waals surface area contributed by atoms with Crippen molar-refractivity contribution in [2.75, 3.05) is 44.4 Å². The number of nitrogens with one attached hydrogen (secondary N) is 1. The number of nitrogens with zero attached hydrogens (tertiary/aromatic N) is 1. The first-order valence-corrected chi connectivity index (χ1v) is 22.2. The van der Waals surface area contributed by atoms with Crippen molar-refractivity contribution in [1.29, 1.82) is 0 Å². The zero-order valence-electron chi connectivity index (χ0n) is 32.6. The first kappa shape index (κ1) is 37.8. The molecule has 0 aromatic carbocycles. The molecule has 0 aromatic rings. The van der Waals surface area contributed by atoms with Gasteiger partial charge in [-0.1, -0.05) is 58.9 Å². The molecule has 7 rings (SSSR count). The van der Waals surface area contributed by atoms with Gasteiger partial charge in [0.25, 0.3) is 0 Å². The molecule has 4 unspecified atom stereocenters. The van der Waals surface area contributed by atoms with E-state index in [4.69, 9.17) is 0 Å². The van der Waals surface area contributed by atoms with Crippen LogP contribution in [0.1, 0.15) is 119 Å².